The van der Waals surface area contributed by atoms with Gasteiger partial charge in [-0.3, -0.25) is 9.36 Å². The predicted octanol–water partition coefficient (Wildman–Crippen LogP) is 4.14. The van der Waals surface area contributed by atoms with E-state index in [4.69, 9.17) is 0 Å². The molecule has 134 valence electrons. The van der Waals surface area contributed by atoms with Crippen LogP contribution >= 0.6 is 0 Å². The molecule has 0 radical (unpaired) electrons. The highest BCUT2D eigenvalue weighted by molar-refractivity contribution is 5.95. The van der Waals surface area contributed by atoms with Crippen molar-refractivity contribution in [3.8, 4) is 0 Å². The molecule has 0 aliphatic rings. The van der Waals surface area contributed by atoms with Crippen LogP contribution in [0.3, 0.4) is 0 Å². The molecule has 3 rings (SSSR count). The van der Waals surface area contributed by atoms with Crippen LogP contribution in [0.25, 0.3) is 0 Å². The van der Waals surface area contributed by atoms with Crippen LogP contribution in [0.2, 0.25) is 0 Å². The van der Waals surface area contributed by atoms with Crippen LogP contribution in [-0.4, -0.2) is 27.4 Å². The molecular weight excluding hydrogens is 336 g/mol. The lowest BCUT2D eigenvalue weighted by Gasteiger charge is -2.19. The summed E-state index contributed by atoms with van der Waals surface area (Å²) in [6, 6.07) is 17.2. The fraction of sp³-hybridized carbons (Fsp3) is 0.200. The molecule has 0 unspecified atom stereocenters. The number of rotatable bonds is 6. The Balaban J connectivity index is 1.80. The second kappa shape index (κ2) is 7.91. The summed E-state index contributed by atoms with van der Waals surface area (Å²) >= 11 is 0. The Morgan fingerprint density at radius 2 is 1.81 bits per heavy atom. The third kappa shape index (κ3) is 3.96. The minimum absolute atomic E-state index is 0.00977. The minimum atomic E-state index is -2.68. The van der Waals surface area contributed by atoms with Crippen molar-refractivity contribution < 1.29 is 13.6 Å². The summed E-state index contributed by atoms with van der Waals surface area (Å²) in [5, 5.41) is 0. The van der Waals surface area contributed by atoms with E-state index < -0.39 is 6.55 Å². The Morgan fingerprint density at radius 1 is 1.12 bits per heavy atom. The van der Waals surface area contributed by atoms with E-state index in [-0.39, 0.29) is 18.3 Å². The molecule has 3 aromatic rings. The van der Waals surface area contributed by atoms with Gasteiger partial charge in [0.25, 0.3) is 5.91 Å². The van der Waals surface area contributed by atoms with Gasteiger partial charge in [0, 0.05) is 25.0 Å². The topological polar surface area (TPSA) is 38.1 Å². The maximum atomic E-state index is 13.0. The first-order valence-electron chi connectivity index (χ1n) is 8.23. The van der Waals surface area contributed by atoms with Gasteiger partial charge in [0.15, 0.2) is 0 Å². The van der Waals surface area contributed by atoms with Crippen molar-refractivity contribution in [3.05, 3.63) is 89.5 Å². The van der Waals surface area contributed by atoms with Gasteiger partial charge >= 0.3 is 6.55 Å². The highest BCUT2D eigenvalue weighted by Gasteiger charge is 2.19. The largest absolute Gasteiger partial charge is 0.334 e. The molecule has 1 heterocycles. The standard InChI is InChI=1S/C20H19F2N3O/c1-24(14-18-23-11-12-25(18)20(21)22)19(26)17-10-6-5-9-16(17)13-15-7-3-2-4-8-15/h2-12,20H,13-14H2,1H3. The van der Waals surface area contributed by atoms with Crippen LogP contribution < -0.4 is 0 Å². The summed E-state index contributed by atoms with van der Waals surface area (Å²) in [4.78, 5) is 18.2. The van der Waals surface area contributed by atoms with E-state index in [1.54, 1.807) is 19.2 Å². The fourth-order valence-corrected chi connectivity index (χ4v) is 2.83. The molecule has 26 heavy (non-hydrogen) atoms. The Hall–Kier alpha value is -3.02. The van der Waals surface area contributed by atoms with Crippen molar-refractivity contribution in [2.75, 3.05) is 7.05 Å². The van der Waals surface area contributed by atoms with Crippen LogP contribution in [0.5, 0.6) is 0 Å². The molecule has 0 saturated carbocycles. The molecule has 0 bridgehead atoms. The number of halogens is 2. The van der Waals surface area contributed by atoms with Gasteiger partial charge in [-0.1, -0.05) is 48.5 Å². The number of hydrogen-bond donors (Lipinski definition) is 0. The summed E-state index contributed by atoms with van der Waals surface area (Å²) in [6.07, 6.45) is 3.15. The molecule has 4 nitrogen and oxygen atoms in total. The third-order valence-corrected chi connectivity index (χ3v) is 4.17. The number of benzene rings is 2. The van der Waals surface area contributed by atoms with E-state index in [9.17, 15) is 13.6 Å². The molecule has 0 fully saturated rings. The van der Waals surface area contributed by atoms with Gasteiger partial charge in [-0.15, -0.1) is 0 Å². The van der Waals surface area contributed by atoms with E-state index in [0.717, 1.165) is 15.7 Å². The second-order valence-electron chi connectivity index (χ2n) is 6.01. The Labute approximate surface area is 150 Å². The number of nitrogens with zero attached hydrogens (tertiary/aromatic N) is 3. The fourth-order valence-electron chi connectivity index (χ4n) is 2.83. The van der Waals surface area contributed by atoms with Crippen molar-refractivity contribution in [2.24, 2.45) is 0 Å². The summed E-state index contributed by atoms with van der Waals surface area (Å²) in [5.74, 6) is -0.0725. The normalized spacial score (nSPS) is 10.9. The molecule has 2 aromatic carbocycles. The molecule has 6 heteroatoms. The first-order chi connectivity index (χ1) is 12.6. The zero-order chi connectivity index (χ0) is 18.5. The molecule has 0 spiro atoms. The zero-order valence-corrected chi connectivity index (χ0v) is 14.3. The monoisotopic (exact) mass is 355 g/mol. The molecule has 0 N–H and O–H groups in total. The molecule has 0 atom stereocenters. The molecular formula is C20H19F2N3O. The van der Waals surface area contributed by atoms with Crippen LogP contribution in [0.1, 0.15) is 33.9 Å². The molecule has 1 aromatic heterocycles. The lowest BCUT2D eigenvalue weighted by molar-refractivity contribution is 0.0612. The maximum absolute atomic E-state index is 13.0. The number of alkyl halides is 2. The summed E-state index contributed by atoms with van der Waals surface area (Å²) < 4.78 is 26.7. The van der Waals surface area contributed by atoms with Crippen molar-refractivity contribution >= 4 is 5.91 Å². The van der Waals surface area contributed by atoms with Crippen molar-refractivity contribution in [1.82, 2.24) is 14.5 Å². The van der Waals surface area contributed by atoms with Gasteiger partial charge in [-0.05, 0) is 23.6 Å². The number of carbonyl (C=O) groups excluding carboxylic acids is 1. The van der Waals surface area contributed by atoms with E-state index in [1.165, 1.54) is 17.3 Å². The molecule has 0 aliphatic carbocycles. The number of imidazole rings is 1. The number of hydrogen-bond acceptors (Lipinski definition) is 2. The van der Waals surface area contributed by atoms with Gasteiger partial charge < -0.3 is 4.90 Å². The molecule has 1 amide bonds. The van der Waals surface area contributed by atoms with E-state index in [1.807, 2.05) is 42.5 Å². The van der Waals surface area contributed by atoms with Gasteiger partial charge in [-0.25, -0.2) is 4.98 Å². The highest BCUT2D eigenvalue weighted by atomic mass is 19.3. The van der Waals surface area contributed by atoms with Crippen LogP contribution in [0, 0.1) is 0 Å². The maximum Gasteiger partial charge on any atom is 0.319 e. The van der Waals surface area contributed by atoms with Crippen LogP contribution in [0.4, 0.5) is 8.78 Å². The van der Waals surface area contributed by atoms with Crippen molar-refractivity contribution in [2.45, 2.75) is 19.5 Å². The lowest BCUT2D eigenvalue weighted by atomic mass is 9.99. The van der Waals surface area contributed by atoms with Gasteiger partial charge in [0.05, 0.1) is 6.54 Å². The number of aromatic nitrogens is 2. The van der Waals surface area contributed by atoms with Gasteiger partial charge in [0.2, 0.25) is 0 Å². The Morgan fingerprint density at radius 3 is 2.54 bits per heavy atom. The minimum Gasteiger partial charge on any atom is -0.334 e. The van der Waals surface area contributed by atoms with Gasteiger partial charge in [-0.2, -0.15) is 8.78 Å². The zero-order valence-electron chi connectivity index (χ0n) is 14.3. The van der Waals surface area contributed by atoms with E-state index in [2.05, 4.69) is 4.98 Å². The van der Waals surface area contributed by atoms with Crippen molar-refractivity contribution in [3.63, 3.8) is 0 Å². The first kappa shape index (κ1) is 17.8. The number of carbonyl (C=O) groups is 1. The average Bonchev–Trinajstić information content (AvgIpc) is 3.11. The third-order valence-electron chi connectivity index (χ3n) is 4.17. The Bertz CT molecular complexity index is 878. The predicted molar refractivity (Wildman–Crippen MR) is 95.0 cm³/mol. The molecule has 0 saturated heterocycles. The summed E-state index contributed by atoms with van der Waals surface area (Å²) in [7, 11) is 1.59. The molecule has 0 aliphatic heterocycles. The van der Waals surface area contributed by atoms with Gasteiger partial charge in [0.1, 0.15) is 5.82 Å². The second-order valence-corrected chi connectivity index (χ2v) is 6.01. The quantitative estimate of drug-likeness (QED) is 0.666. The van der Waals surface area contributed by atoms with Crippen molar-refractivity contribution in [1.29, 1.82) is 0 Å². The average molecular weight is 355 g/mol. The van der Waals surface area contributed by atoms with E-state index >= 15 is 0 Å². The SMILES string of the molecule is CN(Cc1nccn1C(F)F)C(=O)c1ccccc1Cc1ccccc1. The van der Waals surface area contributed by atoms with Crippen LogP contribution in [0.15, 0.2) is 67.0 Å². The number of amides is 1. The lowest BCUT2D eigenvalue weighted by Crippen LogP contribution is -2.28. The van der Waals surface area contributed by atoms with Crippen LogP contribution in [-0.2, 0) is 13.0 Å². The Kier molecular flexibility index (Phi) is 5.41. The summed E-state index contributed by atoms with van der Waals surface area (Å²) in [5.41, 5.74) is 2.56. The highest BCUT2D eigenvalue weighted by Crippen LogP contribution is 2.18. The smallest absolute Gasteiger partial charge is 0.319 e. The summed E-state index contributed by atoms with van der Waals surface area (Å²) in [6.45, 7) is -2.67. The van der Waals surface area contributed by atoms with E-state index in [0.29, 0.717) is 12.0 Å². The first-order valence-corrected chi connectivity index (χ1v) is 8.23.